The van der Waals surface area contributed by atoms with E-state index in [2.05, 4.69) is 56.1 Å². The number of aromatic nitrogens is 1. The molecule has 1 aromatic carbocycles. The van der Waals surface area contributed by atoms with E-state index in [1.807, 2.05) is 0 Å². The van der Waals surface area contributed by atoms with E-state index in [0.29, 0.717) is 0 Å². The van der Waals surface area contributed by atoms with Crippen molar-refractivity contribution in [3.63, 3.8) is 0 Å². The van der Waals surface area contributed by atoms with Gasteiger partial charge in [0.1, 0.15) is 0 Å². The summed E-state index contributed by atoms with van der Waals surface area (Å²) >= 11 is 0. The molecule has 2 aromatic rings. The summed E-state index contributed by atoms with van der Waals surface area (Å²) in [4.78, 5) is 3.56. The average Bonchev–Trinajstić information content (AvgIpc) is 2.73. The van der Waals surface area contributed by atoms with E-state index in [1.165, 1.54) is 27.7 Å². The number of rotatable bonds is 0. The van der Waals surface area contributed by atoms with Gasteiger partial charge in [0.05, 0.1) is 0 Å². The second kappa shape index (κ2) is 3.00. The summed E-state index contributed by atoms with van der Waals surface area (Å²) in [6, 6.07) is 8.58. The van der Waals surface area contributed by atoms with Crippen LogP contribution in [0.3, 0.4) is 0 Å². The van der Waals surface area contributed by atoms with Gasteiger partial charge in [0.15, 0.2) is 0 Å². The van der Waals surface area contributed by atoms with E-state index in [-0.39, 0.29) is 5.41 Å². The van der Waals surface area contributed by atoms with Crippen LogP contribution in [0.4, 0.5) is 0 Å². The molecule has 1 heteroatoms. The highest BCUT2D eigenvalue weighted by Crippen LogP contribution is 2.42. The van der Waals surface area contributed by atoms with Gasteiger partial charge in [-0.05, 0) is 29.0 Å². The third-order valence-electron chi connectivity index (χ3n) is 3.40. The molecule has 0 fully saturated rings. The summed E-state index contributed by atoms with van der Waals surface area (Å²) in [5.74, 6) is 0. The van der Waals surface area contributed by atoms with Gasteiger partial charge in [-0.25, -0.2) is 0 Å². The Labute approximate surface area is 96.2 Å². The van der Waals surface area contributed by atoms with Gasteiger partial charge in [-0.3, -0.25) is 0 Å². The largest absolute Gasteiger partial charge is 0.355 e. The molecule has 16 heavy (non-hydrogen) atoms. The molecule has 82 valence electrons. The predicted octanol–water partition coefficient (Wildman–Crippen LogP) is 4.15. The van der Waals surface area contributed by atoms with Crippen LogP contribution in [0, 0.1) is 5.41 Å². The Hall–Kier alpha value is -1.50. The van der Waals surface area contributed by atoms with Crippen molar-refractivity contribution in [3.05, 3.63) is 41.6 Å². The Morgan fingerprint density at radius 3 is 2.62 bits per heavy atom. The molecular weight excluding hydrogens is 194 g/mol. The molecule has 1 aromatic heterocycles. The lowest BCUT2D eigenvalue weighted by atomic mass is 9.86. The summed E-state index contributed by atoms with van der Waals surface area (Å²) in [5, 5.41) is 1.38. The van der Waals surface area contributed by atoms with Gasteiger partial charge < -0.3 is 4.98 Å². The quantitative estimate of drug-likeness (QED) is 0.673. The first-order valence-electron chi connectivity index (χ1n) is 5.88. The van der Waals surface area contributed by atoms with E-state index in [1.54, 1.807) is 0 Å². The van der Waals surface area contributed by atoms with Gasteiger partial charge in [0.25, 0.3) is 0 Å². The van der Waals surface area contributed by atoms with Crippen LogP contribution in [0.25, 0.3) is 16.5 Å². The lowest BCUT2D eigenvalue weighted by Gasteiger charge is -2.20. The molecule has 0 amide bonds. The zero-order valence-electron chi connectivity index (χ0n) is 10.1. The molecule has 3 rings (SSSR count). The van der Waals surface area contributed by atoms with Gasteiger partial charge in [-0.1, -0.05) is 45.0 Å². The van der Waals surface area contributed by atoms with Crippen LogP contribution in [-0.2, 0) is 6.42 Å². The van der Waals surface area contributed by atoms with Crippen molar-refractivity contribution in [3.8, 4) is 0 Å². The average molecular weight is 211 g/mol. The molecule has 0 unspecified atom stereocenters. The Balaban J connectivity index is 2.25. The van der Waals surface area contributed by atoms with E-state index in [9.17, 15) is 0 Å². The van der Waals surface area contributed by atoms with Crippen molar-refractivity contribution >= 4 is 16.5 Å². The number of para-hydroxylation sites is 1. The van der Waals surface area contributed by atoms with Crippen molar-refractivity contribution in [1.82, 2.24) is 4.98 Å². The van der Waals surface area contributed by atoms with Crippen molar-refractivity contribution in [2.24, 2.45) is 5.41 Å². The maximum atomic E-state index is 3.56. The molecule has 1 aliphatic carbocycles. The molecule has 1 aliphatic rings. The van der Waals surface area contributed by atoms with Crippen molar-refractivity contribution < 1.29 is 0 Å². The molecule has 0 bridgehead atoms. The number of aromatic amines is 1. The summed E-state index contributed by atoms with van der Waals surface area (Å²) in [7, 11) is 0. The Bertz CT molecular complexity index is 579. The number of hydrogen-bond donors (Lipinski definition) is 1. The van der Waals surface area contributed by atoms with Crippen LogP contribution in [0.1, 0.15) is 32.0 Å². The highest BCUT2D eigenvalue weighted by molar-refractivity contribution is 5.92. The van der Waals surface area contributed by atoms with E-state index < -0.39 is 0 Å². The molecule has 1 nitrogen and oxygen atoms in total. The third kappa shape index (κ3) is 1.24. The third-order valence-corrected chi connectivity index (χ3v) is 3.40. The van der Waals surface area contributed by atoms with Crippen LogP contribution in [0.5, 0.6) is 0 Å². The second-order valence-electron chi connectivity index (χ2n) is 5.60. The maximum absolute atomic E-state index is 3.56. The molecule has 0 saturated carbocycles. The van der Waals surface area contributed by atoms with E-state index in [0.717, 1.165) is 6.42 Å². The number of fused-ring (bicyclic) bond motifs is 3. The number of benzene rings is 1. The highest BCUT2D eigenvalue weighted by atomic mass is 14.7. The molecule has 0 aliphatic heterocycles. The van der Waals surface area contributed by atoms with Crippen LogP contribution in [0.2, 0.25) is 0 Å². The predicted molar refractivity (Wildman–Crippen MR) is 69.4 cm³/mol. The van der Waals surface area contributed by atoms with Crippen LogP contribution >= 0.6 is 0 Å². The van der Waals surface area contributed by atoms with E-state index >= 15 is 0 Å². The summed E-state index contributed by atoms with van der Waals surface area (Å²) < 4.78 is 0. The Kier molecular flexibility index (Phi) is 1.82. The molecule has 0 atom stereocenters. The number of H-pyrrole nitrogens is 1. The molecular formula is C15H17N. The number of nitrogens with one attached hydrogen (secondary N) is 1. The molecule has 0 radical (unpaired) electrons. The Morgan fingerprint density at radius 1 is 1.12 bits per heavy atom. The first-order valence-corrected chi connectivity index (χ1v) is 5.88. The highest BCUT2D eigenvalue weighted by Gasteiger charge is 2.27. The minimum atomic E-state index is 0.228. The summed E-state index contributed by atoms with van der Waals surface area (Å²) in [5.41, 5.74) is 5.78. The minimum Gasteiger partial charge on any atom is -0.355 e. The zero-order chi connectivity index (χ0) is 11.3. The van der Waals surface area contributed by atoms with Gasteiger partial charge in [-0.15, -0.1) is 0 Å². The smallest absolute Gasteiger partial charge is 0.0461 e. The molecule has 0 spiro atoms. The van der Waals surface area contributed by atoms with Crippen LogP contribution in [-0.4, -0.2) is 4.98 Å². The summed E-state index contributed by atoms with van der Waals surface area (Å²) in [6.07, 6.45) is 3.44. The first kappa shape index (κ1) is 9.71. The van der Waals surface area contributed by atoms with Crippen LogP contribution < -0.4 is 0 Å². The first-order chi connectivity index (χ1) is 7.57. The van der Waals surface area contributed by atoms with Gasteiger partial charge in [-0.2, -0.15) is 0 Å². The lowest BCUT2D eigenvalue weighted by molar-refractivity contribution is 0.566. The van der Waals surface area contributed by atoms with Crippen molar-refractivity contribution in [2.45, 2.75) is 27.2 Å². The summed E-state index contributed by atoms with van der Waals surface area (Å²) in [6.45, 7) is 6.83. The van der Waals surface area contributed by atoms with Gasteiger partial charge in [0, 0.05) is 16.6 Å². The van der Waals surface area contributed by atoms with Crippen LogP contribution in [0.15, 0.2) is 30.3 Å². The Morgan fingerprint density at radius 2 is 1.88 bits per heavy atom. The second-order valence-corrected chi connectivity index (χ2v) is 5.60. The zero-order valence-corrected chi connectivity index (χ0v) is 10.1. The van der Waals surface area contributed by atoms with Gasteiger partial charge in [0.2, 0.25) is 0 Å². The minimum absolute atomic E-state index is 0.228. The number of allylic oxidation sites excluding steroid dienone is 2. The van der Waals surface area contributed by atoms with Crippen molar-refractivity contribution in [1.29, 1.82) is 0 Å². The fourth-order valence-electron chi connectivity index (χ4n) is 2.63. The molecule has 1 heterocycles. The fourth-order valence-corrected chi connectivity index (χ4v) is 2.63. The topological polar surface area (TPSA) is 15.8 Å². The van der Waals surface area contributed by atoms with Gasteiger partial charge >= 0.3 is 0 Å². The SMILES string of the molecule is CC(C)(C)C1=CCc2c1[nH]c1ccccc21. The lowest BCUT2D eigenvalue weighted by Crippen LogP contribution is -2.07. The molecule has 1 N–H and O–H groups in total. The fraction of sp³-hybridized carbons (Fsp3) is 0.333. The maximum Gasteiger partial charge on any atom is 0.0461 e. The van der Waals surface area contributed by atoms with E-state index in [4.69, 9.17) is 0 Å². The normalized spacial score (nSPS) is 15.3. The monoisotopic (exact) mass is 211 g/mol. The molecule has 0 saturated heterocycles. The van der Waals surface area contributed by atoms with Crippen molar-refractivity contribution in [2.75, 3.05) is 0 Å². The standard InChI is InChI=1S/C15H17N/c1-15(2,3)12-9-8-11-10-6-4-5-7-13(10)16-14(11)12/h4-7,9,16H,8H2,1-3H3. The number of hydrogen-bond acceptors (Lipinski definition) is 0.